The van der Waals surface area contributed by atoms with Gasteiger partial charge in [0.15, 0.2) is 0 Å². The predicted octanol–water partition coefficient (Wildman–Crippen LogP) is 4.21. The van der Waals surface area contributed by atoms with Gasteiger partial charge in [-0.25, -0.2) is 0 Å². The molecule has 0 heterocycles. The number of nitrogens with one attached hydrogen (secondary N) is 1. The molecule has 0 saturated carbocycles. The van der Waals surface area contributed by atoms with Gasteiger partial charge in [-0.1, -0.05) is 24.3 Å². The van der Waals surface area contributed by atoms with E-state index in [4.69, 9.17) is 0 Å². The normalized spacial score (nSPS) is 13.6. The first-order valence-corrected chi connectivity index (χ1v) is 6.23. The van der Waals surface area contributed by atoms with E-state index >= 15 is 0 Å². The molecule has 0 bridgehead atoms. The third-order valence-corrected chi connectivity index (χ3v) is 3.00. The Bertz CT molecular complexity index is 360. The van der Waals surface area contributed by atoms with Crippen LogP contribution in [0.1, 0.15) is 37.3 Å². The Hall–Kier alpha value is -1.03. The summed E-state index contributed by atoms with van der Waals surface area (Å²) >= 11 is 0. The molecule has 0 fully saturated rings. The van der Waals surface area contributed by atoms with Gasteiger partial charge >= 0.3 is 6.18 Å². The van der Waals surface area contributed by atoms with Crippen LogP contribution in [0.2, 0.25) is 0 Å². The van der Waals surface area contributed by atoms with E-state index < -0.39 is 12.6 Å². The highest BCUT2D eigenvalue weighted by Crippen LogP contribution is 2.22. The van der Waals surface area contributed by atoms with Gasteiger partial charge in [0.1, 0.15) is 0 Å². The van der Waals surface area contributed by atoms with Crippen LogP contribution in [0.25, 0.3) is 0 Å². The number of rotatable bonds is 6. The van der Waals surface area contributed by atoms with Gasteiger partial charge in [-0.3, -0.25) is 0 Å². The predicted molar refractivity (Wildman–Crippen MR) is 67.4 cm³/mol. The number of hydrogen-bond donors (Lipinski definition) is 1. The summed E-state index contributed by atoms with van der Waals surface area (Å²) in [5, 5.41) is 3.26. The molecule has 0 radical (unpaired) electrons. The van der Waals surface area contributed by atoms with Crippen LogP contribution in [0.5, 0.6) is 0 Å². The molecule has 18 heavy (non-hydrogen) atoms. The van der Waals surface area contributed by atoms with E-state index in [1.165, 1.54) is 11.1 Å². The minimum absolute atomic E-state index is 0.104. The van der Waals surface area contributed by atoms with Crippen LogP contribution in [0.4, 0.5) is 13.2 Å². The lowest BCUT2D eigenvalue weighted by molar-refractivity contribution is -0.135. The zero-order valence-electron chi connectivity index (χ0n) is 10.8. The average molecular weight is 259 g/mol. The minimum Gasteiger partial charge on any atom is -0.310 e. The molecule has 1 N–H and O–H groups in total. The van der Waals surface area contributed by atoms with Gasteiger partial charge in [-0.2, -0.15) is 13.2 Å². The van der Waals surface area contributed by atoms with Crippen molar-refractivity contribution in [3.63, 3.8) is 0 Å². The van der Waals surface area contributed by atoms with E-state index in [1.54, 1.807) is 0 Å². The monoisotopic (exact) mass is 259 g/mol. The summed E-state index contributed by atoms with van der Waals surface area (Å²) in [7, 11) is 0. The topological polar surface area (TPSA) is 12.0 Å². The summed E-state index contributed by atoms with van der Waals surface area (Å²) in [5.41, 5.74) is 2.40. The van der Waals surface area contributed by atoms with E-state index in [9.17, 15) is 13.2 Å². The summed E-state index contributed by atoms with van der Waals surface area (Å²) in [6, 6.07) is 8.12. The van der Waals surface area contributed by atoms with Gasteiger partial charge in [0, 0.05) is 19.0 Å². The summed E-state index contributed by atoms with van der Waals surface area (Å²) < 4.78 is 36.0. The highest BCUT2D eigenvalue weighted by molar-refractivity contribution is 5.25. The van der Waals surface area contributed by atoms with Gasteiger partial charge < -0.3 is 5.32 Å². The van der Waals surface area contributed by atoms with Crippen molar-refractivity contribution in [1.29, 1.82) is 0 Å². The fraction of sp³-hybridized carbons (Fsp3) is 0.571. The van der Waals surface area contributed by atoms with Crippen molar-refractivity contribution >= 4 is 0 Å². The van der Waals surface area contributed by atoms with Crippen LogP contribution < -0.4 is 5.32 Å². The van der Waals surface area contributed by atoms with Crippen LogP contribution in [0.15, 0.2) is 24.3 Å². The summed E-state index contributed by atoms with van der Waals surface area (Å²) in [4.78, 5) is 0. The number of hydrogen-bond acceptors (Lipinski definition) is 1. The second-order valence-corrected chi connectivity index (χ2v) is 4.72. The quantitative estimate of drug-likeness (QED) is 0.807. The Morgan fingerprint density at radius 3 is 2.50 bits per heavy atom. The molecular formula is C14H20F3N. The Balaban J connectivity index is 2.25. The largest absolute Gasteiger partial charge is 0.389 e. The Kier molecular flexibility index (Phi) is 5.66. The third kappa shape index (κ3) is 6.05. The average Bonchev–Trinajstić information content (AvgIpc) is 2.26. The van der Waals surface area contributed by atoms with Gasteiger partial charge in [0.25, 0.3) is 0 Å². The molecular weight excluding hydrogens is 239 g/mol. The molecule has 1 nitrogen and oxygen atoms in total. The van der Waals surface area contributed by atoms with Gasteiger partial charge in [0.05, 0.1) is 0 Å². The maximum absolute atomic E-state index is 12.0. The SMILES string of the molecule is Cc1ccccc1CNC(C)CCCC(F)(F)F. The summed E-state index contributed by atoms with van der Waals surface area (Å²) in [6.07, 6.45) is -3.99. The zero-order valence-corrected chi connectivity index (χ0v) is 10.8. The van der Waals surface area contributed by atoms with Crippen LogP contribution in [-0.2, 0) is 6.54 Å². The van der Waals surface area contributed by atoms with Crippen molar-refractivity contribution < 1.29 is 13.2 Å². The lowest BCUT2D eigenvalue weighted by atomic mass is 10.1. The summed E-state index contributed by atoms with van der Waals surface area (Å²) in [5.74, 6) is 0. The molecule has 0 aromatic heterocycles. The number of aryl methyl sites for hydroxylation is 1. The van der Waals surface area contributed by atoms with Crippen molar-refractivity contribution in [3.8, 4) is 0 Å². The molecule has 0 aliphatic carbocycles. The van der Waals surface area contributed by atoms with E-state index in [-0.39, 0.29) is 12.5 Å². The highest BCUT2D eigenvalue weighted by Gasteiger charge is 2.26. The van der Waals surface area contributed by atoms with Gasteiger partial charge in [0.2, 0.25) is 0 Å². The fourth-order valence-electron chi connectivity index (χ4n) is 1.80. The van der Waals surface area contributed by atoms with Crippen LogP contribution in [0, 0.1) is 6.92 Å². The van der Waals surface area contributed by atoms with Crippen LogP contribution in [0.3, 0.4) is 0 Å². The Morgan fingerprint density at radius 1 is 1.22 bits per heavy atom. The molecule has 1 rings (SSSR count). The molecule has 1 aromatic rings. The first-order chi connectivity index (χ1) is 8.38. The zero-order chi connectivity index (χ0) is 13.6. The van der Waals surface area contributed by atoms with Crippen molar-refractivity contribution in [1.82, 2.24) is 5.32 Å². The number of alkyl halides is 3. The lowest BCUT2D eigenvalue weighted by Crippen LogP contribution is -2.26. The smallest absolute Gasteiger partial charge is 0.310 e. The number of halogens is 3. The van der Waals surface area contributed by atoms with Gasteiger partial charge in [-0.05, 0) is 37.8 Å². The maximum atomic E-state index is 12.0. The number of benzene rings is 1. The molecule has 4 heteroatoms. The van der Waals surface area contributed by atoms with Crippen molar-refractivity contribution in [2.24, 2.45) is 0 Å². The maximum Gasteiger partial charge on any atom is 0.389 e. The van der Waals surface area contributed by atoms with Crippen LogP contribution in [-0.4, -0.2) is 12.2 Å². The van der Waals surface area contributed by atoms with Crippen molar-refractivity contribution in [3.05, 3.63) is 35.4 Å². The minimum atomic E-state index is -4.03. The first kappa shape index (κ1) is 15.0. The Labute approximate surface area is 106 Å². The van der Waals surface area contributed by atoms with E-state index in [0.717, 1.165) is 0 Å². The van der Waals surface area contributed by atoms with E-state index in [2.05, 4.69) is 5.32 Å². The van der Waals surface area contributed by atoms with E-state index in [1.807, 2.05) is 38.1 Å². The second-order valence-electron chi connectivity index (χ2n) is 4.72. The lowest BCUT2D eigenvalue weighted by Gasteiger charge is -2.15. The Morgan fingerprint density at radius 2 is 1.89 bits per heavy atom. The third-order valence-electron chi connectivity index (χ3n) is 3.00. The standard InChI is InChI=1S/C14H20F3N/c1-11-6-3-4-8-13(11)10-18-12(2)7-5-9-14(15,16)17/h3-4,6,8,12,18H,5,7,9-10H2,1-2H3. The molecule has 0 saturated heterocycles. The second kappa shape index (κ2) is 6.78. The van der Waals surface area contributed by atoms with Crippen LogP contribution >= 0.6 is 0 Å². The van der Waals surface area contributed by atoms with Crippen molar-refractivity contribution in [2.75, 3.05) is 0 Å². The molecule has 0 amide bonds. The van der Waals surface area contributed by atoms with Crippen molar-refractivity contribution in [2.45, 2.75) is 51.9 Å². The molecule has 0 aliphatic heterocycles. The highest BCUT2D eigenvalue weighted by atomic mass is 19.4. The molecule has 1 unspecified atom stereocenters. The summed E-state index contributed by atoms with van der Waals surface area (Å²) in [6.45, 7) is 4.67. The molecule has 0 aliphatic rings. The molecule has 1 aromatic carbocycles. The molecule has 102 valence electrons. The fourth-order valence-corrected chi connectivity index (χ4v) is 1.80. The molecule has 0 spiro atoms. The first-order valence-electron chi connectivity index (χ1n) is 6.23. The van der Waals surface area contributed by atoms with Gasteiger partial charge in [-0.15, -0.1) is 0 Å². The molecule has 1 atom stereocenters. The van der Waals surface area contributed by atoms with E-state index in [0.29, 0.717) is 13.0 Å².